The van der Waals surface area contributed by atoms with Crippen molar-refractivity contribution in [3.8, 4) is 11.5 Å². The van der Waals surface area contributed by atoms with Gasteiger partial charge in [0.25, 0.3) is 0 Å². The van der Waals surface area contributed by atoms with E-state index in [0.717, 1.165) is 0 Å². The van der Waals surface area contributed by atoms with Crippen molar-refractivity contribution in [1.82, 2.24) is 0 Å². The molecule has 0 aliphatic carbocycles. The predicted octanol–water partition coefficient (Wildman–Crippen LogP) is 0.420. The zero-order chi connectivity index (χ0) is 12.7. The van der Waals surface area contributed by atoms with Crippen LogP contribution in [0.5, 0.6) is 11.5 Å². The van der Waals surface area contributed by atoms with E-state index in [1.807, 2.05) is 0 Å². The van der Waals surface area contributed by atoms with Gasteiger partial charge in [0.05, 0.1) is 0 Å². The van der Waals surface area contributed by atoms with Crippen molar-refractivity contribution in [2.24, 2.45) is 9.98 Å². The Labute approximate surface area is 102 Å². The predicted molar refractivity (Wildman–Crippen MR) is 64.1 cm³/mol. The van der Waals surface area contributed by atoms with Crippen LogP contribution in [0.15, 0.2) is 34.3 Å². The topological polar surface area (TPSA) is 82.2 Å². The van der Waals surface area contributed by atoms with E-state index in [-0.39, 0.29) is 41.1 Å². The number of carbonyl (C=O) groups excluding carboxylic acids is 1. The molecule has 0 atom stereocenters. The lowest BCUT2D eigenvalue weighted by atomic mass is 10.1. The number of phenols is 2. The molecule has 0 saturated heterocycles. The molecule has 3 rings (SSSR count). The van der Waals surface area contributed by atoms with Gasteiger partial charge in [0.2, 0.25) is 5.91 Å². The molecule has 2 N–H and O–H groups in total. The summed E-state index contributed by atoms with van der Waals surface area (Å²) < 4.78 is 0. The Bertz CT molecular complexity index is 781. The van der Waals surface area contributed by atoms with Crippen LogP contribution in [-0.4, -0.2) is 22.7 Å². The third-order valence-electron chi connectivity index (χ3n) is 2.94. The van der Waals surface area contributed by atoms with Crippen molar-refractivity contribution in [2.75, 3.05) is 6.54 Å². The van der Waals surface area contributed by atoms with Gasteiger partial charge in [-0.15, -0.1) is 0 Å². The Hall–Kier alpha value is -2.43. The molecule has 0 aromatic heterocycles. The summed E-state index contributed by atoms with van der Waals surface area (Å²) in [5.41, 5.74) is 0. The fourth-order valence-electron chi connectivity index (χ4n) is 2.08. The van der Waals surface area contributed by atoms with E-state index in [2.05, 4.69) is 9.98 Å². The summed E-state index contributed by atoms with van der Waals surface area (Å²) in [4.78, 5) is 19.4. The lowest BCUT2D eigenvalue weighted by Crippen LogP contribution is -2.26. The molecule has 0 spiro atoms. The van der Waals surface area contributed by atoms with E-state index in [1.165, 1.54) is 0 Å². The normalized spacial score (nSPS) is 14.6. The van der Waals surface area contributed by atoms with E-state index in [0.29, 0.717) is 10.8 Å². The van der Waals surface area contributed by atoms with Crippen LogP contribution in [0.2, 0.25) is 0 Å². The average molecular weight is 242 g/mol. The molecule has 1 heterocycles. The van der Waals surface area contributed by atoms with Crippen molar-refractivity contribution in [2.45, 2.75) is 6.42 Å². The highest BCUT2D eigenvalue weighted by Crippen LogP contribution is 2.25. The van der Waals surface area contributed by atoms with E-state index in [1.54, 1.807) is 24.3 Å². The summed E-state index contributed by atoms with van der Waals surface area (Å²) in [7, 11) is 0. The lowest BCUT2D eigenvalue weighted by Gasteiger charge is -2.04. The quantitative estimate of drug-likeness (QED) is 0.657. The SMILES string of the molecule is O=C1CCN=c2c(O)c3ccccc3c(O)c2=N1. The smallest absolute Gasteiger partial charge is 0.248 e. The fraction of sp³-hybridized carbons (Fsp3) is 0.154. The fourth-order valence-corrected chi connectivity index (χ4v) is 2.08. The van der Waals surface area contributed by atoms with Gasteiger partial charge in [-0.2, -0.15) is 0 Å². The second kappa shape index (κ2) is 3.80. The number of rotatable bonds is 0. The largest absolute Gasteiger partial charge is 0.505 e. The van der Waals surface area contributed by atoms with Gasteiger partial charge in [0.1, 0.15) is 10.7 Å². The molecule has 0 radical (unpaired) electrons. The van der Waals surface area contributed by atoms with Gasteiger partial charge >= 0.3 is 0 Å². The second-order valence-electron chi connectivity index (χ2n) is 4.08. The minimum atomic E-state index is -0.345. The van der Waals surface area contributed by atoms with Crippen LogP contribution in [0, 0.1) is 0 Å². The molecular weight excluding hydrogens is 232 g/mol. The molecule has 1 amide bonds. The Morgan fingerprint density at radius 1 is 1.00 bits per heavy atom. The highest BCUT2D eigenvalue weighted by atomic mass is 16.3. The number of carbonyl (C=O) groups is 1. The molecule has 2 aromatic rings. The van der Waals surface area contributed by atoms with E-state index >= 15 is 0 Å². The van der Waals surface area contributed by atoms with Crippen molar-refractivity contribution in [3.05, 3.63) is 35.0 Å². The molecule has 18 heavy (non-hydrogen) atoms. The van der Waals surface area contributed by atoms with Crippen molar-refractivity contribution >= 4 is 16.7 Å². The number of amides is 1. The second-order valence-corrected chi connectivity index (χ2v) is 4.08. The first kappa shape index (κ1) is 10.7. The summed E-state index contributed by atoms with van der Waals surface area (Å²) in [5.74, 6) is -0.503. The van der Waals surface area contributed by atoms with Gasteiger partial charge in [-0.1, -0.05) is 24.3 Å². The zero-order valence-corrected chi connectivity index (χ0v) is 9.42. The van der Waals surface area contributed by atoms with Crippen LogP contribution < -0.4 is 10.7 Å². The number of phenolic OH excluding ortho intramolecular Hbond substituents is 2. The number of nitrogens with zero attached hydrogens (tertiary/aromatic N) is 2. The molecule has 5 nitrogen and oxygen atoms in total. The van der Waals surface area contributed by atoms with Gasteiger partial charge in [-0.05, 0) is 0 Å². The van der Waals surface area contributed by atoms with Crippen molar-refractivity contribution in [1.29, 1.82) is 0 Å². The highest BCUT2D eigenvalue weighted by molar-refractivity contribution is 5.93. The van der Waals surface area contributed by atoms with Crippen LogP contribution in [0.3, 0.4) is 0 Å². The summed E-state index contributed by atoms with van der Waals surface area (Å²) in [6, 6.07) is 6.85. The standard InChI is InChI=1S/C13H10N2O3/c16-9-5-6-14-10-11(15-9)13(18)8-4-2-1-3-7(8)12(10)17/h1-4,17-18H,5-6H2. The average Bonchev–Trinajstić information content (AvgIpc) is 2.58. The van der Waals surface area contributed by atoms with Crippen LogP contribution in [0.1, 0.15) is 6.42 Å². The zero-order valence-electron chi connectivity index (χ0n) is 9.42. The number of hydrogen-bond donors (Lipinski definition) is 2. The molecule has 0 saturated carbocycles. The molecule has 5 heteroatoms. The minimum absolute atomic E-state index is 0.0446. The highest BCUT2D eigenvalue weighted by Gasteiger charge is 2.14. The summed E-state index contributed by atoms with van der Waals surface area (Å²) >= 11 is 0. The lowest BCUT2D eigenvalue weighted by molar-refractivity contribution is -0.117. The van der Waals surface area contributed by atoms with Gasteiger partial charge < -0.3 is 10.2 Å². The van der Waals surface area contributed by atoms with Crippen LogP contribution in [0.4, 0.5) is 0 Å². The third kappa shape index (κ3) is 1.44. The number of benzene rings is 2. The van der Waals surface area contributed by atoms with Crippen LogP contribution in [-0.2, 0) is 4.79 Å². The summed E-state index contributed by atoms with van der Waals surface area (Å²) in [6.45, 7) is 0.265. The number of hydrogen-bond acceptors (Lipinski definition) is 4. The molecule has 1 aliphatic rings. The van der Waals surface area contributed by atoms with E-state index < -0.39 is 0 Å². The Kier molecular flexibility index (Phi) is 2.26. The number of aromatic hydroxyl groups is 2. The molecule has 2 aromatic carbocycles. The van der Waals surface area contributed by atoms with Crippen LogP contribution >= 0.6 is 0 Å². The van der Waals surface area contributed by atoms with Gasteiger partial charge in [0, 0.05) is 23.7 Å². The molecular formula is C13H10N2O3. The Morgan fingerprint density at radius 2 is 1.61 bits per heavy atom. The maximum atomic E-state index is 11.4. The van der Waals surface area contributed by atoms with Crippen molar-refractivity contribution < 1.29 is 15.0 Å². The first-order chi connectivity index (χ1) is 8.68. The van der Waals surface area contributed by atoms with Crippen LogP contribution in [0.25, 0.3) is 10.8 Å². The Morgan fingerprint density at radius 3 is 2.28 bits per heavy atom. The first-order valence-corrected chi connectivity index (χ1v) is 5.57. The molecule has 1 aliphatic heterocycles. The van der Waals surface area contributed by atoms with Gasteiger partial charge in [-0.25, -0.2) is 4.99 Å². The van der Waals surface area contributed by atoms with E-state index in [4.69, 9.17) is 0 Å². The van der Waals surface area contributed by atoms with Gasteiger partial charge in [0.15, 0.2) is 11.5 Å². The summed E-state index contributed by atoms with van der Waals surface area (Å²) in [5, 5.41) is 21.5. The monoisotopic (exact) mass is 242 g/mol. The molecule has 0 unspecified atom stereocenters. The maximum Gasteiger partial charge on any atom is 0.248 e. The number of fused-ring (bicyclic) bond motifs is 2. The molecule has 0 fully saturated rings. The maximum absolute atomic E-state index is 11.4. The Balaban J connectivity index is 2.62. The van der Waals surface area contributed by atoms with Crippen molar-refractivity contribution in [3.63, 3.8) is 0 Å². The van der Waals surface area contributed by atoms with Gasteiger partial charge in [-0.3, -0.25) is 9.79 Å². The first-order valence-electron chi connectivity index (χ1n) is 5.57. The minimum Gasteiger partial charge on any atom is -0.505 e. The molecule has 0 bridgehead atoms. The molecule has 90 valence electrons. The summed E-state index contributed by atoms with van der Waals surface area (Å²) in [6.07, 6.45) is 0.184. The third-order valence-corrected chi connectivity index (χ3v) is 2.94. The van der Waals surface area contributed by atoms with E-state index in [9.17, 15) is 15.0 Å².